The highest BCUT2D eigenvalue weighted by atomic mass is 16.5. The lowest BCUT2D eigenvalue weighted by Crippen LogP contribution is -2.33. The largest absolute Gasteiger partial charge is 0.503 e. The maximum absolute atomic E-state index is 13.3. The second-order valence-corrected chi connectivity index (χ2v) is 8.78. The SMILES string of the molecule is CCCCOc1ccc(C2C(C(=O)C=Cc3ccccc3)=C(O)C(=O)N2CCc2ccccc2)cc1. The van der Waals surface area contributed by atoms with Crippen molar-refractivity contribution < 1.29 is 19.4 Å². The molecular formula is C31H31NO4. The minimum absolute atomic E-state index is 0.0971. The van der Waals surface area contributed by atoms with Gasteiger partial charge in [0, 0.05) is 6.54 Å². The van der Waals surface area contributed by atoms with Gasteiger partial charge in [0.05, 0.1) is 18.2 Å². The smallest absolute Gasteiger partial charge is 0.290 e. The van der Waals surface area contributed by atoms with E-state index >= 15 is 0 Å². The number of aliphatic hydroxyl groups excluding tert-OH is 1. The molecule has 184 valence electrons. The summed E-state index contributed by atoms with van der Waals surface area (Å²) in [5.41, 5.74) is 2.79. The van der Waals surface area contributed by atoms with Gasteiger partial charge < -0.3 is 14.7 Å². The lowest BCUT2D eigenvalue weighted by atomic mass is 9.95. The monoisotopic (exact) mass is 481 g/mol. The number of aliphatic hydroxyl groups is 1. The zero-order chi connectivity index (χ0) is 25.3. The van der Waals surface area contributed by atoms with Gasteiger partial charge in [0.15, 0.2) is 11.5 Å². The molecule has 4 rings (SSSR count). The molecule has 0 spiro atoms. The lowest BCUT2D eigenvalue weighted by molar-refractivity contribution is -0.129. The number of nitrogens with zero attached hydrogens (tertiary/aromatic N) is 1. The van der Waals surface area contributed by atoms with Gasteiger partial charge in [0.2, 0.25) is 0 Å². The Kier molecular flexibility index (Phi) is 8.35. The number of hydrogen-bond donors (Lipinski definition) is 1. The Hall–Kier alpha value is -4.12. The number of ether oxygens (including phenoxy) is 1. The molecule has 0 aromatic heterocycles. The van der Waals surface area contributed by atoms with Crippen LogP contribution in [-0.4, -0.2) is 34.8 Å². The van der Waals surface area contributed by atoms with Crippen LogP contribution < -0.4 is 4.74 Å². The van der Waals surface area contributed by atoms with Crippen LogP contribution >= 0.6 is 0 Å². The summed E-state index contributed by atoms with van der Waals surface area (Å²) in [6, 6.07) is 26.0. The van der Waals surface area contributed by atoms with Crippen LogP contribution in [0.5, 0.6) is 5.75 Å². The maximum atomic E-state index is 13.3. The Labute approximate surface area is 212 Å². The van der Waals surface area contributed by atoms with Gasteiger partial charge in [0.1, 0.15) is 5.75 Å². The quantitative estimate of drug-likeness (QED) is 0.266. The number of rotatable bonds is 11. The molecule has 0 radical (unpaired) electrons. The summed E-state index contributed by atoms with van der Waals surface area (Å²) < 4.78 is 5.78. The van der Waals surface area contributed by atoms with Crippen molar-refractivity contribution in [2.45, 2.75) is 32.2 Å². The molecule has 1 heterocycles. The molecule has 0 aliphatic carbocycles. The van der Waals surface area contributed by atoms with Crippen LogP contribution in [0, 0.1) is 0 Å². The van der Waals surface area contributed by atoms with E-state index in [1.54, 1.807) is 11.0 Å². The van der Waals surface area contributed by atoms with E-state index in [0.29, 0.717) is 19.6 Å². The number of hydrogen-bond acceptors (Lipinski definition) is 4. The van der Waals surface area contributed by atoms with Gasteiger partial charge in [-0.05, 0) is 47.7 Å². The standard InChI is InChI=1S/C31H31NO4/c1-2-3-22-36-26-17-15-25(16-18-26)29-28(27(33)19-14-23-10-6-4-7-11-23)30(34)31(35)32(29)21-20-24-12-8-5-9-13-24/h4-19,29,34H,2-3,20-22H2,1H3. The molecule has 1 N–H and O–H groups in total. The van der Waals surface area contributed by atoms with Gasteiger partial charge in [-0.1, -0.05) is 92.2 Å². The van der Waals surface area contributed by atoms with Crippen LogP contribution in [0.2, 0.25) is 0 Å². The molecule has 1 atom stereocenters. The predicted molar refractivity (Wildman–Crippen MR) is 142 cm³/mol. The summed E-state index contributed by atoms with van der Waals surface area (Å²) in [6.07, 6.45) is 5.74. The van der Waals surface area contributed by atoms with Crippen LogP contribution in [-0.2, 0) is 16.0 Å². The van der Waals surface area contributed by atoms with E-state index in [0.717, 1.165) is 35.3 Å². The average molecular weight is 482 g/mol. The molecule has 5 nitrogen and oxygen atoms in total. The summed E-state index contributed by atoms with van der Waals surface area (Å²) in [7, 11) is 0. The van der Waals surface area contributed by atoms with E-state index in [4.69, 9.17) is 4.74 Å². The first-order chi connectivity index (χ1) is 17.6. The number of unbranched alkanes of at least 4 members (excludes halogenated alkanes) is 1. The minimum Gasteiger partial charge on any atom is -0.503 e. The average Bonchev–Trinajstić information content (AvgIpc) is 3.17. The van der Waals surface area contributed by atoms with Crippen molar-refractivity contribution in [3.8, 4) is 5.75 Å². The highest BCUT2D eigenvalue weighted by Crippen LogP contribution is 2.38. The van der Waals surface area contributed by atoms with Crippen molar-refractivity contribution in [1.82, 2.24) is 4.90 Å². The second-order valence-electron chi connectivity index (χ2n) is 8.78. The van der Waals surface area contributed by atoms with Crippen molar-refractivity contribution >= 4 is 17.8 Å². The third-order valence-corrected chi connectivity index (χ3v) is 6.24. The zero-order valence-corrected chi connectivity index (χ0v) is 20.5. The third kappa shape index (κ3) is 5.92. The van der Waals surface area contributed by atoms with Gasteiger partial charge in [-0.15, -0.1) is 0 Å². The van der Waals surface area contributed by atoms with Crippen molar-refractivity contribution in [3.05, 3.63) is 119 Å². The Morgan fingerprint density at radius 1 is 0.972 bits per heavy atom. The zero-order valence-electron chi connectivity index (χ0n) is 20.5. The van der Waals surface area contributed by atoms with E-state index in [9.17, 15) is 14.7 Å². The number of benzene rings is 3. The fraction of sp³-hybridized carbons (Fsp3) is 0.226. The molecule has 3 aromatic carbocycles. The van der Waals surface area contributed by atoms with Gasteiger partial charge >= 0.3 is 0 Å². The Balaban J connectivity index is 1.62. The van der Waals surface area contributed by atoms with Crippen molar-refractivity contribution in [1.29, 1.82) is 0 Å². The van der Waals surface area contributed by atoms with E-state index < -0.39 is 17.7 Å². The number of carbonyl (C=O) groups excluding carboxylic acids is 2. The fourth-order valence-electron chi connectivity index (χ4n) is 4.28. The number of ketones is 1. The first-order valence-corrected chi connectivity index (χ1v) is 12.4. The predicted octanol–water partition coefficient (Wildman–Crippen LogP) is 6.09. The lowest BCUT2D eigenvalue weighted by Gasteiger charge is -2.27. The molecule has 5 heteroatoms. The number of carbonyl (C=O) groups is 2. The molecule has 1 aliphatic heterocycles. The molecule has 1 aliphatic rings. The van der Waals surface area contributed by atoms with Crippen molar-refractivity contribution in [2.75, 3.05) is 13.2 Å². The summed E-state index contributed by atoms with van der Waals surface area (Å²) >= 11 is 0. The highest BCUT2D eigenvalue weighted by molar-refractivity contribution is 6.14. The molecule has 36 heavy (non-hydrogen) atoms. The van der Waals surface area contributed by atoms with Gasteiger partial charge in [-0.3, -0.25) is 9.59 Å². The molecular weight excluding hydrogens is 450 g/mol. The molecule has 0 saturated heterocycles. The Morgan fingerprint density at radius 3 is 2.31 bits per heavy atom. The van der Waals surface area contributed by atoms with Crippen LogP contribution in [0.15, 0.2) is 102 Å². The summed E-state index contributed by atoms with van der Waals surface area (Å²) in [5.74, 6) is -0.674. The first kappa shape index (κ1) is 25.0. The molecule has 3 aromatic rings. The normalized spacial score (nSPS) is 15.6. The van der Waals surface area contributed by atoms with E-state index in [-0.39, 0.29) is 11.4 Å². The summed E-state index contributed by atoms with van der Waals surface area (Å²) in [4.78, 5) is 28.1. The van der Waals surface area contributed by atoms with Crippen molar-refractivity contribution in [2.24, 2.45) is 0 Å². The minimum atomic E-state index is -0.682. The van der Waals surface area contributed by atoms with Crippen LogP contribution in [0.3, 0.4) is 0 Å². The summed E-state index contributed by atoms with van der Waals surface area (Å²) in [5, 5.41) is 10.8. The fourth-order valence-corrected chi connectivity index (χ4v) is 4.28. The topological polar surface area (TPSA) is 66.8 Å². The molecule has 0 bridgehead atoms. The molecule has 1 amide bonds. The van der Waals surface area contributed by atoms with E-state index in [1.165, 1.54) is 6.08 Å². The van der Waals surface area contributed by atoms with E-state index in [1.807, 2.05) is 84.9 Å². The van der Waals surface area contributed by atoms with E-state index in [2.05, 4.69) is 6.92 Å². The molecule has 1 unspecified atom stereocenters. The van der Waals surface area contributed by atoms with Crippen LogP contribution in [0.1, 0.15) is 42.5 Å². The third-order valence-electron chi connectivity index (χ3n) is 6.24. The number of amides is 1. The Bertz CT molecular complexity index is 1230. The van der Waals surface area contributed by atoms with Gasteiger partial charge in [-0.2, -0.15) is 0 Å². The van der Waals surface area contributed by atoms with Crippen LogP contribution in [0.4, 0.5) is 0 Å². The Morgan fingerprint density at radius 2 is 1.64 bits per heavy atom. The van der Waals surface area contributed by atoms with Crippen molar-refractivity contribution in [3.63, 3.8) is 0 Å². The van der Waals surface area contributed by atoms with Gasteiger partial charge in [-0.25, -0.2) is 0 Å². The molecule has 0 fully saturated rings. The molecule has 0 saturated carbocycles. The summed E-state index contributed by atoms with van der Waals surface area (Å²) in [6.45, 7) is 3.11. The van der Waals surface area contributed by atoms with Crippen LogP contribution in [0.25, 0.3) is 6.08 Å². The maximum Gasteiger partial charge on any atom is 0.290 e. The second kappa shape index (κ2) is 12.0. The first-order valence-electron chi connectivity index (χ1n) is 12.4. The highest BCUT2D eigenvalue weighted by Gasteiger charge is 2.42. The van der Waals surface area contributed by atoms with Gasteiger partial charge in [0.25, 0.3) is 5.91 Å². The number of allylic oxidation sites excluding steroid dienone is 1.